The van der Waals surface area contributed by atoms with Gasteiger partial charge in [0.1, 0.15) is 17.0 Å². The van der Waals surface area contributed by atoms with E-state index in [1.165, 1.54) is 0 Å². The third kappa shape index (κ3) is 3.98. The first-order valence-electron chi connectivity index (χ1n) is 17.7. The minimum absolute atomic E-state index is 0.547. The van der Waals surface area contributed by atoms with Crippen molar-refractivity contribution in [3.63, 3.8) is 0 Å². The molecule has 0 aliphatic heterocycles. The first kappa shape index (κ1) is 28.3. The van der Waals surface area contributed by atoms with E-state index < -0.39 is 0 Å². The summed E-state index contributed by atoms with van der Waals surface area (Å²) in [6.07, 6.45) is 0. The standard InChI is InChI=1S/C46H26N6O/c1-3-12-27(13-4-1)43-48-44(29-22-25-39-33(26-29)31-17-8-10-21-38(31)53-39)50-46(49-43)51-36-20-11-18-32-30-16-7-9-19-35(30)52-42-34(23-24-37(51)41(42)40(32)36)47-45(52)28-14-5-2-6-15-28/h1-26H. The van der Waals surface area contributed by atoms with Crippen molar-refractivity contribution >= 4 is 71.1 Å². The fourth-order valence-corrected chi connectivity index (χ4v) is 8.23. The monoisotopic (exact) mass is 678 g/mol. The van der Waals surface area contributed by atoms with Gasteiger partial charge in [-0.15, -0.1) is 0 Å². The van der Waals surface area contributed by atoms with E-state index in [1.54, 1.807) is 0 Å². The number of fused-ring (bicyclic) bond motifs is 6. The van der Waals surface area contributed by atoms with Crippen molar-refractivity contribution in [2.75, 3.05) is 0 Å². The van der Waals surface area contributed by atoms with Crippen LogP contribution in [0.5, 0.6) is 0 Å². The number of imidazole rings is 1. The lowest BCUT2D eigenvalue weighted by Gasteiger charge is -2.11. The second kappa shape index (κ2) is 10.6. The summed E-state index contributed by atoms with van der Waals surface area (Å²) >= 11 is 0. The molecule has 7 heteroatoms. The van der Waals surface area contributed by atoms with Crippen molar-refractivity contribution in [2.24, 2.45) is 0 Å². The van der Waals surface area contributed by atoms with Crippen LogP contribution in [-0.2, 0) is 0 Å². The summed E-state index contributed by atoms with van der Waals surface area (Å²) in [7, 11) is 0. The average Bonchev–Trinajstić information content (AvgIpc) is 3.88. The molecule has 12 rings (SSSR count). The maximum Gasteiger partial charge on any atom is 0.238 e. The molecule has 0 aliphatic rings. The Hall–Kier alpha value is -7.38. The van der Waals surface area contributed by atoms with Gasteiger partial charge in [-0.05, 0) is 53.9 Å². The Morgan fingerprint density at radius 2 is 1.08 bits per heavy atom. The minimum Gasteiger partial charge on any atom is -0.456 e. The van der Waals surface area contributed by atoms with Crippen molar-refractivity contribution in [1.29, 1.82) is 0 Å². The minimum atomic E-state index is 0.547. The fourth-order valence-electron chi connectivity index (χ4n) is 8.23. The molecule has 0 atom stereocenters. The quantitative estimate of drug-likeness (QED) is 0.185. The van der Waals surface area contributed by atoms with Crippen molar-refractivity contribution < 1.29 is 4.42 Å². The molecule has 0 radical (unpaired) electrons. The molecular weight excluding hydrogens is 653 g/mol. The lowest BCUT2D eigenvalue weighted by Crippen LogP contribution is -2.06. The summed E-state index contributed by atoms with van der Waals surface area (Å²) in [5.74, 6) is 2.64. The van der Waals surface area contributed by atoms with Gasteiger partial charge >= 0.3 is 0 Å². The molecule has 0 amide bonds. The van der Waals surface area contributed by atoms with Crippen LogP contribution in [0.15, 0.2) is 162 Å². The summed E-state index contributed by atoms with van der Waals surface area (Å²) in [5, 5.41) is 6.65. The zero-order valence-corrected chi connectivity index (χ0v) is 28.1. The fraction of sp³-hybridized carbons (Fsp3) is 0. The van der Waals surface area contributed by atoms with Crippen molar-refractivity contribution in [3.05, 3.63) is 158 Å². The molecule has 0 N–H and O–H groups in total. The maximum absolute atomic E-state index is 6.17. The van der Waals surface area contributed by atoms with E-state index in [4.69, 9.17) is 24.4 Å². The summed E-state index contributed by atoms with van der Waals surface area (Å²) in [6.45, 7) is 0. The smallest absolute Gasteiger partial charge is 0.238 e. The Morgan fingerprint density at radius 3 is 1.92 bits per heavy atom. The molecule has 0 fully saturated rings. The molecule has 5 aromatic heterocycles. The van der Waals surface area contributed by atoms with E-state index >= 15 is 0 Å². The Morgan fingerprint density at radius 1 is 0.415 bits per heavy atom. The van der Waals surface area contributed by atoms with Crippen LogP contribution in [0.2, 0.25) is 0 Å². The van der Waals surface area contributed by atoms with Crippen molar-refractivity contribution in [2.45, 2.75) is 0 Å². The summed E-state index contributed by atoms with van der Waals surface area (Å²) in [4.78, 5) is 20.9. The van der Waals surface area contributed by atoms with Gasteiger partial charge in [0, 0.05) is 43.6 Å². The molecule has 0 saturated carbocycles. The highest BCUT2D eigenvalue weighted by Gasteiger charge is 2.25. The normalized spacial score (nSPS) is 12.2. The van der Waals surface area contributed by atoms with E-state index in [0.717, 1.165) is 93.6 Å². The van der Waals surface area contributed by atoms with E-state index in [0.29, 0.717) is 17.6 Å². The Balaban J connectivity index is 1.21. The van der Waals surface area contributed by atoms with Crippen LogP contribution >= 0.6 is 0 Å². The van der Waals surface area contributed by atoms with Gasteiger partial charge in [0.25, 0.3) is 0 Å². The van der Waals surface area contributed by atoms with Crippen LogP contribution < -0.4 is 0 Å². The number of para-hydroxylation sites is 2. The largest absolute Gasteiger partial charge is 0.456 e. The molecule has 246 valence electrons. The Labute approximate surface area is 301 Å². The zero-order valence-electron chi connectivity index (χ0n) is 28.1. The molecule has 53 heavy (non-hydrogen) atoms. The molecule has 0 unspecified atom stereocenters. The number of hydrogen-bond donors (Lipinski definition) is 0. The molecule has 5 heterocycles. The highest BCUT2D eigenvalue weighted by Crippen LogP contribution is 2.44. The van der Waals surface area contributed by atoms with Crippen LogP contribution in [0, 0.1) is 0 Å². The van der Waals surface area contributed by atoms with E-state index in [9.17, 15) is 0 Å². The van der Waals surface area contributed by atoms with Crippen LogP contribution in [0.25, 0.3) is 111 Å². The van der Waals surface area contributed by atoms with Gasteiger partial charge in [-0.1, -0.05) is 109 Å². The SMILES string of the molecule is c1ccc(-c2nc(-c3ccc4oc5ccccc5c4c3)nc(-n3c4cccc5c6ccccc6n6c(-c7ccccc7)nc7ccc3c(c54)c76)n2)cc1. The maximum atomic E-state index is 6.17. The summed E-state index contributed by atoms with van der Waals surface area (Å²) < 4.78 is 10.7. The van der Waals surface area contributed by atoms with Gasteiger partial charge in [-0.3, -0.25) is 8.97 Å². The molecular formula is C46H26N6O. The number of aromatic nitrogens is 6. The number of benzene rings is 7. The number of furan rings is 1. The lowest BCUT2D eigenvalue weighted by atomic mass is 10.1. The van der Waals surface area contributed by atoms with Gasteiger partial charge in [0.15, 0.2) is 11.6 Å². The Bertz CT molecular complexity index is 3400. The van der Waals surface area contributed by atoms with Gasteiger partial charge in [0.2, 0.25) is 5.95 Å². The van der Waals surface area contributed by atoms with Crippen LogP contribution in [0.1, 0.15) is 0 Å². The molecule has 7 aromatic carbocycles. The second-order valence-corrected chi connectivity index (χ2v) is 13.5. The number of rotatable bonds is 4. The summed E-state index contributed by atoms with van der Waals surface area (Å²) in [5.41, 5.74) is 9.66. The molecule has 12 aromatic rings. The zero-order chi connectivity index (χ0) is 34.6. The average molecular weight is 679 g/mol. The second-order valence-electron chi connectivity index (χ2n) is 13.5. The molecule has 0 aliphatic carbocycles. The van der Waals surface area contributed by atoms with Crippen LogP contribution in [0.3, 0.4) is 0 Å². The van der Waals surface area contributed by atoms with E-state index in [1.807, 2.05) is 66.7 Å². The number of nitrogens with zero attached hydrogens (tertiary/aromatic N) is 6. The lowest BCUT2D eigenvalue weighted by molar-refractivity contribution is 0.669. The van der Waals surface area contributed by atoms with Crippen molar-refractivity contribution in [1.82, 2.24) is 28.9 Å². The summed E-state index contributed by atoms with van der Waals surface area (Å²) in [6, 6.07) is 54.3. The van der Waals surface area contributed by atoms with Gasteiger partial charge in [-0.2, -0.15) is 9.97 Å². The molecule has 7 nitrogen and oxygen atoms in total. The van der Waals surface area contributed by atoms with Gasteiger partial charge in [-0.25, -0.2) is 9.97 Å². The third-order valence-electron chi connectivity index (χ3n) is 10.5. The molecule has 0 spiro atoms. The predicted molar refractivity (Wildman–Crippen MR) is 213 cm³/mol. The third-order valence-corrected chi connectivity index (χ3v) is 10.5. The van der Waals surface area contributed by atoms with Crippen molar-refractivity contribution in [3.8, 4) is 40.1 Å². The molecule has 0 bridgehead atoms. The van der Waals surface area contributed by atoms with Crippen LogP contribution in [0.4, 0.5) is 0 Å². The molecule has 0 saturated heterocycles. The first-order chi connectivity index (χ1) is 26.3. The van der Waals surface area contributed by atoms with E-state index in [-0.39, 0.29) is 0 Å². The number of hydrogen-bond acceptors (Lipinski definition) is 5. The first-order valence-corrected chi connectivity index (χ1v) is 17.7. The predicted octanol–water partition coefficient (Wildman–Crippen LogP) is 11.3. The highest BCUT2D eigenvalue weighted by atomic mass is 16.3. The van der Waals surface area contributed by atoms with Gasteiger partial charge < -0.3 is 4.42 Å². The van der Waals surface area contributed by atoms with Gasteiger partial charge in [0.05, 0.1) is 27.6 Å². The highest BCUT2D eigenvalue weighted by molar-refractivity contribution is 6.30. The Kier molecular flexibility index (Phi) is 5.65. The van der Waals surface area contributed by atoms with Crippen LogP contribution in [-0.4, -0.2) is 28.9 Å². The van der Waals surface area contributed by atoms with E-state index in [2.05, 4.69) is 100.0 Å². The topological polar surface area (TPSA) is 74.0 Å².